The first kappa shape index (κ1) is 16.6. The van der Waals surface area contributed by atoms with E-state index in [-0.39, 0.29) is 0 Å². The van der Waals surface area contributed by atoms with Crippen molar-refractivity contribution in [3.05, 3.63) is 67.4 Å². The lowest BCUT2D eigenvalue weighted by Crippen LogP contribution is -2.03. The van der Waals surface area contributed by atoms with Gasteiger partial charge in [0.2, 0.25) is 0 Å². The third-order valence-electron chi connectivity index (χ3n) is 3.91. The molecule has 4 aromatic heterocycles. The minimum atomic E-state index is 0.711. The molecular weight excluding hydrogens is 342 g/mol. The number of nitrogens with zero attached hydrogens (tertiary/aromatic N) is 7. The summed E-state index contributed by atoms with van der Waals surface area (Å²) in [6, 6.07) is 10.2. The molecule has 0 bridgehead atoms. The Morgan fingerprint density at radius 3 is 2.67 bits per heavy atom. The molecule has 0 radical (unpaired) electrons. The van der Waals surface area contributed by atoms with E-state index in [1.807, 2.05) is 29.8 Å². The largest absolute Gasteiger partial charge is 0.364 e. The van der Waals surface area contributed by atoms with Crippen LogP contribution in [0.15, 0.2) is 61.8 Å². The Labute approximate surface area is 154 Å². The molecule has 5 rings (SSSR count). The number of anilines is 1. The van der Waals surface area contributed by atoms with Gasteiger partial charge in [0.15, 0.2) is 17.1 Å². The van der Waals surface area contributed by atoms with Crippen LogP contribution < -0.4 is 5.32 Å². The number of hydrogen-bond acceptors (Lipinski definition) is 7. The summed E-state index contributed by atoms with van der Waals surface area (Å²) in [5, 5.41) is 3.32. The third-order valence-corrected chi connectivity index (χ3v) is 3.91. The van der Waals surface area contributed by atoms with Gasteiger partial charge in [-0.25, -0.2) is 29.9 Å². The molecule has 9 heteroatoms. The van der Waals surface area contributed by atoms with E-state index < -0.39 is 0 Å². The van der Waals surface area contributed by atoms with Gasteiger partial charge in [-0.15, -0.1) is 0 Å². The Balaban J connectivity index is 0.000000167. The summed E-state index contributed by atoms with van der Waals surface area (Å²) in [5.74, 6) is 0.809. The number of fused-ring (bicyclic) bond motifs is 2. The first-order valence-corrected chi connectivity index (χ1v) is 8.30. The van der Waals surface area contributed by atoms with Gasteiger partial charge in [0, 0.05) is 13.6 Å². The van der Waals surface area contributed by atoms with Crippen LogP contribution in [0.25, 0.3) is 22.3 Å². The Bertz CT molecular complexity index is 1120. The van der Waals surface area contributed by atoms with Crippen molar-refractivity contribution in [2.24, 2.45) is 7.05 Å². The zero-order valence-electron chi connectivity index (χ0n) is 14.6. The molecule has 4 heterocycles. The molecule has 27 heavy (non-hydrogen) atoms. The van der Waals surface area contributed by atoms with Gasteiger partial charge in [-0.2, -0.15) is 0 Å². The maximum absolute atomic E-state index is 4.27. The van der Waals surface area contributed by atoms with E-state index in [1.54, 1.807) is 18.9 Å². The smallest absolute Gasteiger partial charge is 0.182 e. The first-order chi connectivity index (χ1) is 13.3. The van der Waals surface area contributed by atoms with E-state index in [2.05, 4.69) is 52.3 Å². The number of rotatable bonds is 3. The Morgan fingerprint density at radius 2 is 1.81 bits per heavy atom. The van der Waals surface area contributed by atoms with Crippen LogP contribution in [0.3, 0.4) is 0 Å². The van der Waals surface area contributed by atoms with Crippen LogP contribution in [0.2, 0.25) is 0 Å². The van der Waals surface area contributed by atoms with E-state index in [0.717, 1.165) is 23.4 Å². The third kappa shape index (κ3) is 3.71. The van der Waals surface area contributed by atoms with Gasteiger partial charge in [-0.1, -0.05) is 30.3 Å². The highest BCUT2D eigenvalue weighted by atomic mass is 15.1. The fourth-order valence-electron chi connectivity index (χ4n) is 2.59. The number of imidazole rings is 2. The molecule has 134 valence electrons. The van der Waals surface area contributed by atoms with Gasteiger partial charge in [-0.05, 0) is 5.56 Å². The molecule has 0 unspecified atom stereocenters. The summed E-state index contributed by atoms with van der Waals surface area (Å²) in [5.41, 5.74) is 4.44. The van der Waals surface area contributed by atoms with E-state index in [4.69, 9.17) is 0 Å². The number of H-pyrrole nitrogens is 1. The number of aromatic nitrogens is 8. The Morgan fingerprint density at radius 1 is 0.963 bits per heavy atom. The normalized spacial score (nSPS) is 10.6. The van der Waals surface area contributed by atoms with Crippen molar-refractivity contribution in [1.82, 2.24) is 39.5 Å². The second-order valence-corrected chi connectivity index (χ2v) is 5.75. The lowest BCUT2D eigenvalue weighted by molar-refractivity contribution is 0.942. The fourth-order valence-corrected chi connectivity index (χ4v) is 2.59. The zero-order valence-corrected chi connectivity index (χ0v) is 14.6. The molecule has 0 aliphatic carbocycles. The minimum Gasteiger partial charge on any atom is -0.364 e. The summed E-state index contributed by atoms with van der Waals surface area (Å²) in [6.07, 6.45) is 8.04. The molecule has 0 saturated carbocycles. The molecular formula is C18H17N9. The van der Waals surface area contributed by atoms with Crippen LogP contribution in [-0.4, -0.2) is 39.5 Å². The van der Waals surface area contributed by atoms with Crippen LogP contribution in [0, 0.1) is 0 Å². The van der Waals surface area contributed by atoms with Crippen molar-refractivity contribution in [1.29, 1.82) is 0 Å². The molecule has 0 spiro atoms. The van der Waals surface area contributed by atoms with Crippen molar-refractivity contribution in [3.63, 3.8) is 0 Å². The molecule has 9 nitrogen and oxygen atoms in total. The molecule has 0 aliphatic rings. The summed E-state index contributed by atoms with van der Waals surface area (Å²) in [6.45, 7) is 0.734. The van der Waals surface area contributed by atoms with Crippen molar-refractivity contribution >= 4 is 28.1 Å². The summed E-state index contributed by atoms with van der Waals surface area (Å²) >= 11 is 0. The van der Waals surface area contributed by atoms with Gasteiger partial charge in [0.25, 0.3) is 0 Å². The average molecular weight is 359 g/mol. The summed E-state index contributed by atoms with van der Waals surface area (Å²) < 4.78 is 1.92. The van der Waals surface area contributed by atoms with E-state index in [0.29, 0.717) is 11.3 Å². The lowest BCUT2D eigenvalue weighted by atomic mass is 10.2. The number of aryl methyl sites for hydroxylation is 1. The van der Waals surface area contributed by atoms with Crippen LogP contribution in [0.5, 0.6) is 0 Å². The molecule has 0 saturated heterocycles. The summed E-state index contributed by atoms with van der Waals surface area (Å²) in [7, 11) is 1.94. The maximum Gasteiger partial charge on any atom is 0.182 e. The lowest BCUT2D eigenvalue weighted by Gasteiger charge is -2.07. The standard InChI is InChI=1S/C13H13N5.C5H4N4/c1-18-9-17-13-11(18)12(15-8-16-13)14-7-10-5-3-2-4-6-10;1-4-5(8-2-6-1)9-3-7-4/h2-6,8-9H,7H2,1H3,(H,14,15,16);1-3H,(H,6,7,8,9). The van der Waals surface area contributed by atoms with Crippen molar-refractivity contribution in [3.8, 4) is 0 Å². The fraction of sp³-hybridized carbons (Fsp3) is 0.111. The highest BCUT2D eigenvalue weighted by Gasteiger charge is 2.07. The average Bonchev–Trinajstić information content (AvgIpc) is 3.35. The number of nitrogens with one attached hydrogen (secondary N) is 2. The first-order valence-electron chi connectivity index (χ1n) is 8.30. The number of benzene rings is 1. The van der Waals surface area contributed by atoms with E-state index in [9.17, 15) is 0 Å². The Hall–Kier alpha value is -3.88. The summed E-state index contributed by atoms with van der Waals surface area (Å²) in [4.78, 5) is 27.1. The van der Waals surface area contributed by atoms with Crippen LogP contribution in [0.1, 0.15) is 5.56 Å². The monoisotopic (exact) mass is 359 g/mol. The second kappa shape index (κ2) is 7.56. The maximum atomic E-state index is 4.27. The predicted octanol–water partition coefficient (Wildman–Crippen LogP) is 2.33. The van der Waals surface area contributed by atoms with Crippen molar-refractivity contribution in [2.45, 2.75) is 6.54 Å². The van der Waals surface area contributed by atoms with E-state index in [1.165, 1.54) is 18.2 Å². The van der Waals surface area contributed by atoms with Gasteiger partial charge in [0.1, 0.15) is 23.7 Å². The molecule has 0 amide bonds. The zero-order chi connectivity index (χ0) is 18.5. The van der Waals surface area contributed by atoms with Crippen LogP contribution in [0.4, 0.5) is 5.82 Å². The van der Waals surface area contributed by atoms with Crippen molar-refractivity contribution in [2.75, 3.05) is 5.32 Å². The predicted molar refractivity (Wildman–Crippen MR) is 102 cm³/mol. The molecule has 0 aliphatic heterocycles. The molecule has 0 atom stereocenters. The quantitative estimate of drug-likeness (QED) is 0.509. The minimum absolute atomic E-state index is 0.711. The van der Waals surface area contributed by atoms with Gasteiger partial charge in [-0.3, -0.25) is 0 Å². The highest BCUT2D eigenvalue weighted by Crippen LogP contribution is 2.17. The van der Waals surface area contributed by atoms with Crippen molar-refractivity contribution < 1.29 is 0 Å². The highest BCUT2D eigenvalue weighted by molar-refractivity contribution is 5.82. The topological polar surface area (TPSA) is 110 Å². The second-order valence-electron chi connectivity index (χ2n) is 5.75. The SMILES string of the molecule is Cn1cnc2ncnc(NCc3ccccc3)c21.c1ncc2[nH]cnc2n1. The van der Waals surface area contributed by atoms with Crippen LogP contribution in [-0.2, 0) is 13.6 Å². The molecule has 1 aromatic carbocycles. The molecule has 0 fully saturated rings. The van der Waals surface area contributed by atoms with E-state index >= 15 is 0 Å². The number of hydrogen-bond donors (Lipinski definition) is 2. The number of aromatic amines is 1. The molecule has 2 N–H and O–H groups in total. The molecule has 5 aromatic rings. The van der Waals surface area contributed by atoms with Gasteiger partial charge >= 0.3 is 0 Å². The van der Waals surface area contributed by atoms with Crippen LogP contribution >= 0.6 is 0 Å². The van der Waals surface area contributed by atoms with Gasteiger partial charge < -0.3 is 14.9 Å². The van der Waals surface area contributed by atoms with Gasteiger partial charge in [0.05, 0.1) is 18.9 Å². The Kier molecular flexibility index (Phi) is 4.64.